The second kappa shape index (κ2) is 8.03. The summed E-state index contributed by atoms with van der Waals surface area (Å²) in [6, 6.07) is 10.6. The molecule has 6 nitrogen and oxygen atoms in total. The number of nitrogens with one attached hydrogen (secondary N) is 1. The monoisotopic (exact) mass is 406 g/mol. The third-order valence-electron chi connectivity index (χ3n) is 5.81. The Morgan fingerprint density at radius 3 is 2.63 bits per heavy atom. The van der Waals surface area contributed by atoms with E-state index in [4.69, 9.17) is 4.74 Å². The molecule has 2 heterocycles. The summed E-state index contributed by atoms with van der Waals surface area (Å²) in [6.45, 7) is 7.03. The Kier molecular flexibility index (Phi) is 5.43. The topological polar surface area (TPSA) is 75.7 Å². The lowest BCUT2D eigenvalue weighted by Crippen LogP contribution is -2.36. The lowest BCUT2D eigenvalue weighted by atomic mass is 9.97. The average molecular weight is 406 g/mol. The van der Waals surface area contributed by atoms with Crippen LogP contribution in [0.5, 0.6) is 0 Å². The average Bonchev–Trinajstić information content (AvgIpc) is 3.32. The number of nitrogens with zero attached hydrogens (tertiary/aromatic N) is 1. The van der Waals surface area contributed by atoms with Crippen molar-refractivity contribution in [3.05, 3.63) is 64.2 Å². The van der Waals surface area contributed by atoms with Gasteiger partial charge < -0.3 is 10.1 Å². The summed E-state index contributed by atoms with van der Waals surface area (Å²) in [6.07, 6.45) is 1.68. The molecule has 1 saturated heterocycles. The first-order valence-corrected chi connectivity index (χ1v) is 10.4. The lowest BCUT2D eigenvalue weighted by Gasteiger charge is -2.17. The summed E-state index contributed by atoms with van der Waals surface area (Å²) in [5, 5.41) is 2.99. The number of hydrogen-bond acceptors (Lipinski definition) is 4. The fraction of sp³-hybridized carbons (Fsp3) is 0.375. The van der Waals surface area contributed by atoms with Gasteiger partial charge in [-0.05, 0) is 55.0 Å². The van der Waals surface area contributed by atoms with Crippen LogP contribution in [0.3, 0.4) is 0 Å². The van der Waals surface area contributed by atoms with E-state index >= 15 is 0 Å². The Hall–Kier alpha value is -2.99. The van der Waals surface area contributed by atoms with Gasteiger partial charge in [-0.25, -0.2) is 0 Å². The van der Waals surface area contributed by atoms with Gasteiger partial charge in [-0.15, -0.1) is 0 Å². The summed E-state index contributed by atoms with van der Waals surface area (Å²) >= 11 is 0. The van der Waals surface area contributed by atoms with Gasteiger partial charge >= 0.3 is 0 Å². The summed E-state index contributed by atoms with van der Waals surface area (Å²) < 4.78 is 5.57. The zero-order chi connectivity index (χ0) is 21.4. The van der Waals surface area contributed by atoms with E-state index in [9.17, 15) is 14.4 Å². The number of amides is 3. The zero-order valence-corrected chi connectivity index (χ0v) is 17.5. The first kappa shape index (κ1) is 20.3. The number of aryl methyl sites for hydroxylation is 1. The molecule has 1 N–H and O–H groups in total. The van der Waals surface area contributed by atoms with Gasteiger partial charge in [0.15, 0.2) is 0 Å². The number of anilines is 1. The minimum absolute atomic E-state index is 0.106. The molecule has 2 aliphatic heterocycles. The van der Waals surface area contributed by atoms with Crippen molar-refractivity contribution in [1.82, 2.24) is 4.90 Å². The standard InChI is InChI=1S/C24H26N2O4/c1-14(2)18-8-4-6-15(3)21(18)25-22(27)16-9-10-19-20(12-16)24(29)26(23(19)28)13-17-7-5-11-30-17/h4,6,8-10,12,14,17H,5,7,11,13H2,1-3H3,(H,25,27). The number of carbonyl (C=O) groups is 3. The fourth-order valence-corrected chi connectivity index (χ4v) is 4.12. The summed E-state index contributed by atoms with van der Waals surface area (Å²) in [4.78, 5) is 39.7. The number of benzene rings is 2. The molecular formula is C24H26N2O4. The fourth-order valence-electron chi connectivity index (χ4n) is 4.12. The molecular weight excluding hydrogens is 380 g/mol. The molecule has 3 amide bonds. The van der Waals surface area contributed by atoms with Crippen LogP contribution in [0, 0.1) is 6.92 Å². The molecule has 0 saturated carbocycles. The van der Waals surface area contributed by atoms with Crippen molar-refractivity contribution in [3.63, 3.8) is 0 Å². The number of carbonyl (C=O) groups excluding carboxylic acids is 3. The highest BCUT2D eigenvalue weighted by molar-refractivity contribution is 6.22. The first-order chi connectivity index (χ1) is 14.4. The van der Waals surface area contributed by atoms with Gasteiger partial charge in [0, 0.05) is 17.9 Å². The predicted octanol–water partition coefficient (Wildman–Crippen LogP) is 4.15. The maximum Gasteiger partial charge on any atom is 0.261 e. The van der Waals surface area contributed by atoms with E-state index < -0.39 is 0 Å². The molecule has 6 heteroatoms. The molecule has 30 heavy (non-hydrogen) atoms. The Morgan fingerprint density at radius 1 is 1.17 bits per heavy atom. The molecule has 1 fully saturated rings. The minimum Gasteiger partial charge on any atom is -0.376 e. The van der Waals surface area contributed by atoms with Crippen LogP contribution in [0.15, 0.2) is 36.4 Å². The Bertz CT molecular complexity index is 1020. The maximum atomic E-state index is 12.9. The molecule has 1 atom stereocenters. The van der Waals surface area contributed by atoms with E-state index in [1.54, 1.807) is 12.1 Å². The van der Waals surface area contributed by atoms with E-state index in [1.807, 2.05) is 25.1 Å². The van der Waals surface area contributed by atoms with Gasteiger partial charge in [0.25, 0.3) is 17.7 Å². The van der Waals surface area contributed by atoms with E-state index in [0.29, 0.717) is 17.7 Å². The molecule has 4 rings (SSSR count). The third kappa shape index (κ3) is 3.63. The summed E-state index contributed by atoms with van der Waals surface area (Å²) in [5.74, 6) is -0.727. The van der Waals surface area contributed by atoms with Crippen molar-refractivity contribution in [3.8, 4) is 0 Å². The molecule has 0 radical (unpaired) electrons. The van der Waals surface area contributed by atoms with Crippen molar-refractivity contribution in [2.75, 3.05) is 18.5 Å². The van der Waals surface area contributed by atoms with Crippen LogP contribution >= 0.6 is 0 Å². The van der Waals surface area contributed by atoms with E-state index in [2.05, 4.69) is 19.2 Å². The Balaban J connectivity index is 1.57. The molecule has 1 unspecified atom stereocenters. The number of imide groups is 1. The van der Waals surface area contributed by atoms with Gasteiger partial charge in [-0.2, -0.15) is 0 Å². The summed E-state index contributed by atoms with van der Waals surface area (Å²) in [7, 11) is 0. The van der Waals surface area contributed by atoms with E-state index in [1.165, 1.54) is 11.0 Å². The molecule has 0 bridgehead atoms. The summed E-state index contributed by atoms with van der Waals surface area (Å²) in [5.41, 5.74) is 3.79. The van der Waals surface area contributed by atoms with Crippen LogP contribution in [0.2, 0.25) is 0 Å². The maximum absolute atomic E-state index is 12.9. The highest BCUT2D eigenvalue weighted by Gasteiger charge is 2.38. The van der Waals surface area contributed by atoms with Crippen LogP contribution in [0.1, 0.15) is 74.8 Å². The van der Waals surface area contributed by atoms with Crippen LogP contribution in [-0.4, -0.2) is 41.9 Å². The van der Waals surface area contributed by atoms with Crippen molar-refractivity contribution in [1.29, 1.82) is 0 Å². The van der Waals surface area contributed by atoms with Crippen molar-refractivity contribution < 1.29 is 19.1 Å². The van der Waals surface area contributed by atoms with Crippen LogP contribution in [-0.2, 0) is 4.74 Å². The van der Waals surface area contributed by atoms with Crippen LogP contribution in [0.25, 0.3) is 0 Å². The van der Waals surface area contributed by atoms with E-state index in [0.717, 1.165) is 29.7 Å². The van der Waals surface area contributed by atoms with Gasteiger partial charge in [-0.3, -0.25) is 19.3 Å². The molecule has 2 aliphatic rings. The number of hydrogen-bond donors (Lipinski definition) is 1. The lowest BCUT2D eigenvalue weighted by molar-refractivity contribution is 0.0475. The van der Waals surface area contributed by atoms with Gasteiger partial charge in [0.1, 0.15) is 0 Å². The predicted molar refractivity (Wildman–Crippen MR) is 114 cm³/mol. The SMILES string of the molecule is Cc1cccc(C(C)C)c1NC(=O)c1ccc2c(c1)C(=O)N(CC1CCCO1)C2=O. The van der Waals surface area contributed by atoms with Crippen LogP contribution in [0.4, 0.5) is 5.69 Å². The van der Waals surface area contributed by atoms with Gasteiger partial charge in [0.2, 0.25) is 0 Å². The number of fused-ring (bicyclic) bond motifs is 1. The van der Waals surface area contributed by atoms with Crippen molar-refractivity contribution in [2.45, 2.75) is 45.6 Å². The van der Waals surface area contributed by atoms with Crippen molar-refractivity contribution >= 4 is 23.4 Å². The third-order valence-corrected chi connectivity index (χ3v) is 5.81. The van der Waals surface area contributed by atoms with Crippen LogP contribution < -0.4 is 5.32 Å². The number of ether oxygens (including phenoxy) is 1. The van der Waals surface area contributed by atoms with Gasteiger partial charge in [0.05, 0.1) is 23.8 Å². The second-order valence-corrected chi connectivity index (χ2v) is 8.26. The molecule has 0 aromatic heterocycles. The smallest absolute Gasteiger partial charge is 0.261 e. The normalized spacial score (nSPS) is 18.3. The zero-order valence-electron chi connectivity index (χ0n) is 17.5. The Labute approximate surface area is 176 Å². The highest BCUT2D eigenvalue weighted by atomic mass is 16.5. The minimum atomic E-state index is -0.362. The quantitative estimate of drug-likeness (QED) is 0.757. The molecule has 0 spiro atoms. The Morgan fingerprint density at radius 2 is 1.93 bits per heavy atom. The largest absolute Gasteiger partial charge is 0.376 e. The molecule has 156 valence electrons. The molecule has 2 aromatic rings. The first-order valence-electron chi connectivity index (χ1n) is 10.4. The van der Waals surface area contributed by atoms with Crippen molar-refractivity contribution in [2.24, 2.45) is 0 Å². The molecule has 2 aromatic carbocycles. The highest BCUT2D eigenvalue weighted by Crippen LogP contribution is 2.29. The number of rotatable bonds is 5. The molecule has 0 aliphatic carbocycles. The van der Waals surface area contributed by atoms with E-state index in [-0.39, 0.29) is 41.9 Å². The van der Waals surface area contributed by atoms with Gasteiger partial charge in [-0.1, -0.05) is 32.0 Å². The number of para-hydroxylation sites is 1. The second-order valence-electron chi connectivity index (χ2n) is 8.26.